The smallest absolute Gasteiger partial charge is 0.222 e. The van der Waals surface area contributed by atoms with Crippen LogP contribution >= 0.6 is 11.6 Å². The largest absolute Gasteiger partial charge is 0.493 e. The molecular formula is C12H12ClNO2. The summed E-state index contributed by atoms with van der Waals surface area (Å²) < 4.78 is 5.37. The molecule has 0 fully saturated rings. The van der Waals surface area contributed by atoms with E-state index >= 15 is 0 Å². The van der Waals surface area contributed by atoms with Crippen LogP contribution < -0.4 is 4.74 Å². The highest BCUT2D eigenvalue weighted by Crippen LogP contribution is 2.31. The second-order valence-electron chi connectivity index (χ2n) is 3.47. The molecular weight excluding hydrogens is 226 g/mol. The van der Waals surface area contributed by atoms with E-state index in [-0.39, 0.29) is 5.88 Å². The molecule has 0 amide bonds. The predicted octanol–water partition coefficient (Wildman–Crippen LogP) is 3.38. The van der Waals surface area contributed by atoms with E-state index in [0.717, 1.165) is 11.8 Å². The third-order valence-corrected chi connectivity index (χ3v) is 2.56. The lowest BCUT2D eigenvalue weighted by atomic mass is 10.2. The molecule has 2 rings (SSSR count). The van der Waals surface area contributed by atoms with Gasteiger partial charge in [0.05, 0.1) is 6.61 Å². The van der Waals surface area contributed by atoms with Crippen LogP contribution in [0, 0.1) is 0 Å². The summed E-state index contributed by atoms with van der Waals surface area (Å²) in [6.07, 6.45) is 0.892. The Morgan fingerprint density at radius 2 is 2.19 bits per heavy atom. The van der Waals surface area contributed by atoms with Gasteiger partial charge in [-0.3, -0.25) is 0 Å². The molecule has 0 aliphatic heterocycles. The Morgan fingerprint density at radius 1 is 1.38 bits per heavy atom. The molecule has 16 heavy (non-hydrogen) atoms. The topological polar surface area (TPSA) is 42.4 Å². The highest BCUT2D eigenvalue weighted by molar-refractivity contribution is 6.35. The van der Waals surface area contributed by atoms with E-state index < -0.39 is 0 Å². The molecule has 0 bridgehead atoms. The van der Waals surface area contributed by atoms with Gasteiger partial charge in [-0.25, -0.2) is 0 Å². The van der Waals surface area contributed by atoms with Gasteiger partial charge >= 0.3 is 0 Å². The van der Waals surface area contributed by atoms with E-state index in [2.05, 4.69) is 4.98 Å². The van der Waals surface area contributed by atoms with Crippen LogP contribution in [-0.2, 0) is 0 Å². The lowest BCUT2D eigenvalue weighted by Gasteiger charge is -2.07. The lowest BCUT2D eigenvalue weighted by Crippen LogP contribution is -1.97. The number of hydrogen-bond donors (Lipinski definition) is 1. The van der Waals surface area contributed by atoms with Gasteiger partial charge in [0.25, 0.3) is 0 Å². The van der Waals surface area contributed by atoms with Crippen molar-refractivity contribution in [1.82, 2.24) is 4.98 Å². The van der Waals surface area contributed by atoms with Gasteiger partial charge in [-0.1, -0.05) is 24.6 Å². The van der Waals surface area contributed by atoms with E-state index in [1.54, 1.807) is 24.3 Å². The van der Waals surface area contributed by atoms with Crippen LogP contribution in [0.5, 0.6) is 11.8 Å². The van der Waals surface area contributed by atoms with Gasteiger partial charge in [0.15, 0.2) is 0 Å². The summed E-state index contributed by atoms with van der Waals surface area (Å²) in [5, 5.41) is 11.7. The van der Waals surface area contributed by atoms with E-state index in [1.807, 2.05) is 6.92 Å². The Morgan fingerprint density at radius 3 is 2.94 bits per heavy atom. The van der Waals surface area contributed by atoms with Gasteiger partial charge in [-0.15, -0.1) is 0 Å². The molecule has 0 atom stereocenters. The molecule has 84 valence electrons. The summed E-state index contributed by atoms with van der Waals surface area (Å²) >= 11 is 6.04. The normalized spacial score (nSPS) is 10.6. The number of aromatic hydroxyl groups is 1. The van der Waals surface area contributed by atoms with E-state index in [4.69, 9.17) is 16.3 Å². The first-order valence-electron chi connectivity index (χ1n) is 5.13. The fourth-order valence-electron chi connectivity index (χ4n) is 1.48. The van der Waals surface area contributed by atoms with Crippen molar-refractivity contribution in [3.63, 3.8) is 0 Å². The average molecular weight is 238 g/mol. The molecule has 4 heteroatoms. The fraction of sp³-hybridized carbons (Fsp3) is 0.250. The molecule has 1 aromatic carbocycles. The molecule has 0 saturated carbocycles. The number of rotatable bonds is 3. The van der Waals surface area contributed by atoms with Crippen molar-refractivity contribution in [2.75, 3.05) is 6.61 Å². The first-order chi connectivity index (χ1) is 7.72. The SMILES string of the molecule is CCCOc1cc2c(Cl)cccc2c(O)n1. The van der Waals surface area contributed by atoms with Crippen LogP contribution in [0.25, 0.3) is 10.8 Å². The van der Waals surface area contributed by atoms with Gasteiger partial charge < -0.3 is 9.84 Å². The molecule has 1 aromatic heterocycles. The Kier molecular flexibility index (Phi) is 3.15. The molecule has 2 aromatic rings. The molecule has 3 nitrogen and oxygen atoms in total. The van der Waals surface area contributed by atoms with Gasteiger partial charge in [0.2, 0.25) is 11.8 Å². The Bertz CT molecular complexity index is 514. The van der Waals surface area contributed by atoms with Crippen molar-refractivity contribution in [2.24, 2.45) is 0 Å². The zero-order chi connectivity index (χ0) is 11.5. The standard InChI is InChI=1S/C12H12ClNO2/c1-2-6-16-11-7-9-8(12(15)14-11)4-3-5-10(9)13/h3-5,7H,2,6H2,1H3,(H,14,15). The van der Waals surface area contributed by atoms with Crippen molar-refractivity contribution in [3.8, 4) is 11.8 Å². The summed E-state index contributed by atoms with van der Waals surface area (Å²) in [4.78, 5) is 3.95. The maximum Gasteiger partial charge on any atom is 0.222 e. The van der Waals surface area contributed by atoms with Gasteiger partial charge in [-0.05, 0) is 18.6 Å². The van der Waals surface area contributed by atoms with Crippen LogP contribution in [-0.4, -0.2) is 16.7 Å². The zero-order valence-corrected chi connectivity index (χ0v) is 9.66. The third kappa shape index (κ3) is 2.04. The number of aromatic nitrogens is 1. The average Bonchev–Trinajstić information content (AvgIpc) is 2.28. The minimum absolute atomic E-state index is 0.0499. The molecule has 0 radical (unpaired) electrons. The maximum absolute atomic E-state index is 9.73. The van der Waals surface area contributed by atoms with Gasteiger partial charge in [0.1, 0.15) is 0 Å². The monoisotopic (exact) mass is 237 g/mol. The number of ether oxygens (including phenoxy) is 1. The Hall–Kier alpha value is -1.48. The molecule has 1 heterocycles. The van der Waals surface area contributed by atoms with Crippen molar-refractivity contribution in [3.05, 3.63) is 29.3 Å². The Labute approximate surface area is 98.6 Å². The summed E-state index contributed by atoms with van der Waals surface area (Å²) in [7, 11) is 0. The molecule has 0 aliphatic carbocycles. The summed E-state index contributed by atoms with van der Waals surface area (Å²) in [6.45, 7) is 2.58. The molecule has 0 spiro atoms. The van der Waals surface area contributed by atoms with E-state index in [1.165, 1.54) is 0 Å². The van der Waals surface area contributed by atoms with Gasteiger partial charge in [0, 0.05) is 21.9 Å². The summed E-state index contributed by atoms with van der Waals surface area (Å²) in [5.41, 5.74) is 0. The first kappa shape index (κ1) is 11.0. The van der Waals surface area contributed by atoms with Crippen LogP contribution in [0.1, 0.15) is 13.3 Å². The minimum Gasteiger partial charge on any atom is -0.493 e. The molecule has 0 unspecified atom stereocenters. The number of fused-ring (bicyclic) bond motifs is 1. The second kappa shape index (κ2) is 4.58. The first-order valence-corrected chi connectivity index (χ1v) is 5.51. The molecule has 1 N–H and O–H groups in total. The fourth-order valence-corrected chi connectivity index (χ4v) is 1.71. The number of benzene rings is 1. The van der Waals surface area contributed by atoms with Gasteiger partial charge in [-0.2, -0.15) is 4.98 Å². The zero-order valence-electron chi connectivity index (χ0n) is 8.90. The Balaban J connectivity index is 2.52. The maximum atomic E-state index is 9.73. The predicted molar refractivity (Wildman–Crippen MR) is 64.2 cm³/mol. The van der Waals surface area contributed by atoms with E-state index in [9.17, 15) is 5.11 Å². The van der Waals surface area contributed by atoms with E-state index in [0.29, 0.717) is 22.9 Å². The molecule has 0 aliphatic rings. The summed E-state index contributed by atoms with van der Waals surface area (Å²) in [6, 6.07) is 7.06. The van der Waals surface area contributed by atoms with Crippen LogP contribution in [0.15, 0.2) is 24.3 Å². The minimum atomic E-state index is -0.0499. The quantitative estimate of drug-likeness (QED) is 0.890. The second-order valence-corrected chi connectivity index (χ2v) is 3.87. The number of hydrogen-bond acceptors (Lipinski definition) is 3. The molecule has 0 saturated heterocycles. The summed E-state index contributed by atoms with van der Waals surface area (Å²) in [5.74, 6) is 0.353. The van der Waals surface area contributed by atoms with Crippen molar-refractivity contribution in [2.45, 2.75) is 13.3 Å². The van der Waals surface area contributed by atoms with Crippen molar-refractivity contribution < 1.29 is 9.84 Å². The number of pyridine rings is 1. The van der Waals surface area contributed by atoms with Crippen molar-refractivity contribution >= 4 is 22.4 Å². The lowest BCUT2D eigenvalue weighted by molar-refractivity contribution is 0.301. The third-order valence-electron chi connectivity index (χ3n) is 2.23. The highest BCUT2D eigenvalue weighted by Gasteiger charge is 2.07. The van der Waals surface area contributed by atoms with Crippen LogP contribution in [0.2, 0.25) is 5.02 Å². The van der Waals surface area contributed by atoms with Crippen LogP contribution in [0.4, 0.5) is 0 Å². The number of nitrogens with zero attached hydrogens (tertiary/aromatic N) is 1. The number of halogens is 1. The highest BCUT2D eigenvalue weighted by atomic mass is 35.5. The van der Waals surface area contributed by atoms with Crippen molar-refractivity contribution in [1.29, 1.82) is 0 Å². The van der Waals surface area contributed by atoms with Crippen LogP contribution in [0.3, 0.4) is 0 Å².